The van der Waals surface area contributed by atoms with E-state index in [1.807, 2.05) is 0 Å². The summed E-state index contributed by atoms with van der Waals surface area (Å²) < 4.78 is 11.2. The highest BCUT2D eigenvalue weighted by Crippen LogP contribution is 2.18. The summed E-state index contributed by atoms with van der Waals surface area (Å²) in [5.74, 6) is 0. The smallest absolute Gasteiger partial charge is 0.0720 e. The molecule has 0 aromatic heterocycles. The topological polar surface area (TPSA) is 30.5 Å². The zero-order valence-electron chi connectivity index (χ0n) is 13.3. The molecule has 1 aliphatic carbocycles. The molecule has 3 nitrogen and oxygen atoms in total. The summed E-state index contributed by atoms with van der Waals surface area (Å²) in [5, 5.41) is 3.57. The molecule has 0 amide bonds. The minimum absolute atomic E-state index is 0.679. The minimum Gasteiger partial charge on any atom is -0.379 e. The van der Waals surface area contributed by atoms with Gasteiger partial charge in [0.1, 0.15) is 0 Å². The molecule has 1 aliphatic rings. The maximum Gasteiger partial charge on any atom is 0.0720 e. The Morgan fingerprint density at radius 3 is 2.57 bits per heavy atom. The predicted octanol–water partition coefficient (Wildman–Crippen LogP) is 3.31. The second kappa shape index (κ2) is 9.93. The minimum atomic E-state index is 0.679. The lowest BCUT2D eigenvalue weighted by atomic mass is 10.1. The molecule has 21 heavy (non-hydrogen) atoms. The zero-order valence-corrected chi connectivity index (χ0v) is 13.3. The first-order valence-corrected chi connectivity index (χ1v) is 8.35. The average molecular weight is 291 g/mol. The lowest BCUT2D eigenvalue weighted by molar-refractivity contribution is 0.0394. The van der Waals surface area contributed by atoms with E-state index in [1.54, 1.807) is 0 Å². The molecule has 0 aliphatic heterocycles. The first-order chi connectivity index (χ1) is 10.4. The molecule has 1 saturated carbocycles. The van der Waals surface area contributed by atoms with Crippen molar-refractivity contribution in [1.82, 2.24) is 5.32 Å². The fourth-order valence-corrected chi connectivity index (χ4v) is 2.29. The molecule has 118 valence electrons. The number of unbranched alkanes of at least 4 members (excludes halogenated alkanes) is 1. The molecule has 1 aromatic carbocycles. The van der Waals surface area contributed by atoms with E-state index in [0.29, 0.717) is 19.8 Å². The van der Waals surface area contributed by atoms with Crippen LogP contribution < -0.4 is 5.32 Å². The summed E-state index contributed by atoms with van der Waals surface area (Å²) in [6.45, 7) is 6.17. The van der Waals surface area contributed by atoms with Gasteiger partial charge in [-0.25, -0.2) is 0 Å². The first-order valence-electron chi connectivity index (χ1n) is 8.35. The molecule has 3 heteroatoms. The molecule has 1 fully saturated rings. The van der Waals surface area contributed by atoms with Crippen LogP contribution in [0, 0.1) is 0 Å². The Hall–Kier alpha value is -0.900. The summed E-state index contributed by atoms with van der Waals surface area (Å²) in [4.78, 5) is 0. The number of benzene rings is 1. The van der Waals surface area contributed by atoms with Crippen LogP contribution in [0.4, 0.5) is 0 Å². The van der Waals surface area contributed by atoms with Gasteiger partial charge < -0.3 is 14.8 Å². The van der Waals surface area contributed by atoms with Crippen molar-refractivity contribution in [2.75, 3.05) is 26.4 Å². The van der Waals surface area contributed by atoms with Gasteiger partial charge in [0.25, 0.3) is 0 Å². The van der Waals surface area contributed by atoms with Gasteiger partial charge in [-0.05, 0) is 43.4 Å². The number of rotatable bonds is 12. The summed E-state index contributed by atoms with van der Waals surface area (Å²) in [5.41, 5.74) is 2.71. The lowest BCUT2D eigenvalue weighted by Gasteiger charge is -2.11. The van der Waals surface area contributed by atoms with E-state index in [2.05, 4.69) is 36.5 Å². The SMILES string of the molecule is CCCCOCCOCc1ccccc1CCNC1CC1. The van der Waals surface area contributed by atoms with Gasteiger partial charge in [-0.2, -0.15) is 0 Å². The normalized spacial score (nSPS) is 14.5. The van der Waals surface area contributed by atoms with Crippen LogP contribution in [0.1, 0.15) is 43.7 Å². The van der Waals surface area contributed by atoms with Crippen LogP contribution in [0.3, 0.4) is 0 Å². The number of hydrogen-bond acceptors (Lipinski definition) is 3. The van der Waals surface area contributed by atoms with E-state index in [-0.39, 0.29) is 0 Å². The Morgan fingerprint density at radius 2 is 1.81 bits per heavy atom. The van der Waals surface area contributed by atoms with Crippen LogP contribution in [-0.2, 0) is 22.5 Å². The third kappa shape index (κ3) is 7.07. The van der Waals surface area contributed by atoms with Crippen molar-refractivity contribution in [3.05, 3.63) is 35.4 Å². The number of hydrogen-bond donors (Lipinski definition) is 1. The van der Waals surface area contributed by atoms with E-state index >= 15 is 0 Å². The quantitative estimate of drug-likeness (QED) is 0.599. The largest absolute Gasteiger partial charge is 0.379 e. The van der Waals surface area contributed by atoms with E-state index in [4.69, 9.17) is 9.47 Å². The first kappa shape index (κ1) is 16.5. The van der Waals surface area contributed by atoms with Crippen LogP contribution >= 0.6 is 0 Å². The maximum absolute atomic E-state index is 5.73. The summed E-state index contributed by atoms with van der Waals surface area (Å²) in [6.07, 6.45) is 6.11. The fraction of sp³-hybridized carbons (Fsp3) is 0.667. The Bertz CT molecular complexity index is 391. The molecular formula is C18H29NO2. The number of ether oxygens (including phenoxy) is 2. The van der Waals surface area contributed by atoms with Gasteiger partial charge in [0.2, 0.25) is 0 Å². The van der Waals surface area contributed by atoms with Crippen molar-refractivity contribution >= 4 is 0 Å². The summed E-state index contributed by atoms with van der Waals surface area (Å²) in [6, 6.07) is 9.38. The van der Waals surface area contributed by atoms with Gasteiger partial charge in [-0.1, -0.05) is 37.6 Å². The van der Waals surface area contributed by atoms with Crippen LogP contribution in [0.25, 0.3) is 0 Å². The standard InChI is InChI=1S/C18H29NO2/c1-2-3-12-20-13-14-21-15-17-7-5-4-6-16(17)10-11-19-18-8-9-18/h4-7,18-19H,2-3,8-15H2,1H3. The second-order valence-corrected chi connectivity index (χ2v) is 5.77. The third-order valence-corrected chi connectivity index (χ3v) is 3.79. The summed E-state index contributed by atoms with van der Waals surface area (Å²) >= 11 is 0. The van der Waals surface area contributed by atoms with Gasteiger partial charge >= 0.3 is 0 Å². The molecule has 1 aromatic rings. The van der Waals surface area contributed by atoms with Gasteiger partial charge in [-0.3, -0.25) is 0 Å². The van der Waals surface area contributed by atoms with Crippen LogP contribution in [0.15, 0.2) is 24.3 Å². The van der Waals surface area contributed by atoms with E-state index in [1.165, 1.54) is 30.4 Å². The van der Waals surface area contributed by atoms with Crippen molar-refractivity contribution in [1.29, 1.82) is 0 Å². The van der Waals surface area contributed by atoms with E-state index < -0.39 is 0 Å². The average Bonchev–Trinajstić information content (AvgIpc) is 3.32. The van der Waals surface area contributed by atoms with Gasteiger partial charge in [0.05, 0.1) is 19.8 Å². The highest BCUT2D eigenvalue weighted by atomic mass is 16.5. The Morgan fingerprint density at radius 1 is 1.05 bits per heavy atom. The van der Waals surface area contributed by atoms with Gasteiger partial charge in [0, 0.05) is 12.6 Å². The van der Waals surface area contributed by atoms with Gasteiger partial charge in [0.15, 0.2) is 0 Å². The van der Waals surface area contributed by atoms with Crippen molar-refractivity contribution in [3.63, 3.8) is 0 Å². The Labute approximate surface area is 129 Å². The molecule has 0 unspecified atom stereocenters. The van der Waals surface area contributed by atoms with E-state index in [0.717, 1.165) is 32.0 Å². The van der Waals surface area contributed by atoms with Crippen molar-refractivity contribution < 1.29 is 9.47 Å². The highest BCUT2D eigenvalue weighted by molar-refractivity contribution is 5.26. The van der Waals surface area contributed by atoms with E-state index in [9.17, 15) is 0 Å². The Balaban J connectivity index is 1.61. The molecule has 0 bridgehead atoms. The van der Waals surface area contributed by atoms with Crippen LogP contribution in [-0.4, -0.2) is 32.4 Å². The maximum atomic E-state index is 5.73. The number of nitrogens with one attached hydrogen (secondary N) is 1. The molecule has 0 heterocycles. The van der Waals surface area contributed by atoms with Crippen LogP contribution in [0.2, 0.25) is 0 Å². The summed E-state index contributed by atoms with van der Waals surface area (Å²) in [7, 11) is 0. The second-order valence-electron chi connectivity index (χ2n) is 5.77. The molecule has 0 spiro atoms. The highest BCUT2D eigenvalue weighted by Gasteiger charge is 2.19. The fourth-order valence-electron chi connectivity index (χ4n) is 2.29. The Kier molecular flexibility index (Phi) is 7.79. The van der Waals surface area contributed by atoms with Crippen molar-refractivity contribution in [3.8, 4) is 0 Å². The van der Waals surface area contributed by atoms with Crippen molar-refractivity contribution in [2.45, 2.75) is 51.7 Å². The molecule has 0 radical (unpaired) electrons. The predicted molar refractivity (Wildman–Crippen MR) is 86.6 cm³/mol. The lowest BCUT2D eigenvalue weighted by Crippen LogP contribution is -2.19. The van der Waals surface area contributed by atoms with Gasteiger partial charge in [-0.15, -0.1) is 0 Å². The van der Waals surface area contributed by atoms with Crippen LogP contribution in [0.5, 0.6) is 0 Å². The molecular weight excluding hydrogens is 262 g/mol. The monoisotopic (exact) mass is 291 g/mol. The molecule has 1 N–H and O–H groups in total. The molecule has 0 saturated heterocycles. The molecule has 2 rings (SSSR count). The van der Waals surface area contributed by atoms with Crippen molar-refractivity contribution in [2.24, 2.45) is 0 Å². The zero-order chi connectivity index (χ0) is 14.8. The third-order valence-electron chi connectivity index (χ3n) is 3.79. The molecule has 0 atom stereocenters.